The molecule has 0 spiro atoms. The maximum atomic E-state index is 12.6. The molecule has 0 heterocycles. The average Bonchev–Trinajstić information content (AvgIpc) is 2.11. The van der Waals surface area contributed by atoms with Crippen LogP contribution in [0.1, 0.15) is 12.8 Å². The van der Waals surface area contributed by atoms with Crippen LogP contribution in [0.2, 0.25) is 0 Å². The van der Waals surface area contributed by atoms with Gasteiger partial charge in [-0.2, -0.15) is 0 Å². The Balaban J connectivity index is 2.42. The largest absolute Gasteiger partial charge is 0.493 e. The lowest BCUT2D eigenvalue weighted by Crippen LogP contribution is -1.99. The molecule has 1 N–H and O–H groups in total. The summed E-state index contributed by atoms with van der Waals surface area (Å²) in [5.41, 5.74) is 0. The third kappa shape index (κ3) is 3.70. The van der Waals surface area contributed by atoms with Gasteiger partial charge in [-0.25, -0.2) is 8.78 Å². The second-order valence-electron chi connectivity index (χ2n) is 2.88. The number of ether oxygens (including phenoxy) is 1. The summed E-state index contributed by atoms with van der Waals surface area (Å²) in [5, 5.41) is 8.48. The molecule has 0 radical (unpaired) electrons. The molecule has 0 atom stereocenters. The Morgan fingerprint density at radius 2 is 1.71 bits per heavy atom. The van der Waals surface area contributed by atoms with E-state index in [1.165, 1.54) is 0 Å². The van der Waals surface area contributed by atoms with E-state index in [4.69, 9.17) is 9.84 Å². The molecule has 78 valence electrons. The summed E-state index contributed by atoms with van der Waals surface area (Å²) in [6.07, 6.45) is 1.28. The van der Waals surface area contributed by atoms with Crippen molar-refractivity contribution in [1.82, 2.24) is 0 Å². The van der Waals surface area contributed by atoms with Crippen LogP contribution in [-0.4, -0.2) is 18.3 Å². The summed E-state index contributed by atoms with van der Waals surface area (Å²) in [4.78, 5) is 0. The van der Waals surface area contributed by atoms with Gasteiger partial charge in [0.1, 0.15) is 17.4 Å². The summed E-state index contributed by atoms with van der Waals surface area (Å²) in [7, 11) is 0. The van der Waals surface area contributed by atoms with Crippen LogP contribution in [0.15, 0.2) is 18.2 Å². The number of hydrogen-bond acceptors (Lipinski definition) is 2. The fourth-order valence-corrected chi connectivity index (χ4v) is 1.02. The normalized spacial score (nSPS) is 10.2. The zero-order valence-electron chi connectivity index (χ0n) is 7.67. The molecule has 0 saturated heterocycles. The summed E-state index contributed by atoms with van der Waals surface area (Å²) in [6, 6.07) is 3.05. The summed E-state index contributed by atoms with van der Waals surface area (Å²) >= 11 is 0. The fourth-order valence-electron chi connectivity index (χ4n) is 1.02. The third-order valence-electron chi connectivity index (χ3n) is 1.66. The number of aliphatic hydroxyl groups is 1. The highest BCUT2D eigenvalue weighted by Crippen LogP contribution is 2.15. The predicted octanol–water partition coefficient (Wildman–Crippen LogP) is 2.12. The second kappa shape index (κ2) is 5.54. The minimum Gasteiger partial charge on any atom is -0.493 e. The van der Waals surface area contributed by atoms with E-state index in [0.29, 0.717) is 19.4 Å². The number of benzene rings is 1. The van der Waals surface area contributed by atoms with Gasteiger partial charge in [0.25, 0.3) is 0 Å². The van der Waals surface area contributed by atoms with Gasteiger partial charge in [0, 0.05) is 24.8 Å². The van der Waals surface area contributed by atoms with Gasteiger partial charge in [-0.05, 0) is 12.8 Å². The molecule has 0 aliphatic carbocycles. The van der Waals surface area contributed by atoms with Crippen molar-refractivity contribution < 1.29 is 18.6 Å². The summed E-state index contributed by atoms with van der Waals surface area (Å²) in [6.45, 7) is 0.449. The first-order valence-corrected chi connectivity index (χ1v) is 4.42. The Bertz CT molecular complexity index is 269. The van der Waals surface area contributed by atoms with Gasteiger partial charge in [-0.15, -0.1) is 0 Å². The molecule has 1 aromatic rings. The van der Waals surface area contributed by atoms with E-state index in [-0.39, 0.29) is 12.4 Å². The van der Waals surface area contributed by atoms with Gasteiger partial charge in [-0.3, -0.25) is 0 Å². The maximum absolute atomic E-state index is 12.6. The zero-order chi connectivity index (χ0) is 10.4. The predicted molar refractivity (Wildman–Crippen MR) is 48.2 cm³/mol. The minimum absolute atomic E-state index is 0.0981. The molecule has 0 aliphatic rings. The average molecular weight is 202 g/mol. The van der Waals surface area contributed by atoms with E-state index in [1.807, 2.05) is 0 Å². The molecule has 0 aliphatic heterocycles. The topological polar surface area (TPSA) is 29.5 Å². The van der Waals surface area contributed by atoms with E-state index in [2.05, 4.69) is 0 Å². The monoisotopic (exact) mass is 202 g/mol. The van der Waals surface area contributed by atoms with Crippen molar-refractivity contribution in [3.05, 3.63) is 29.8 Å². The van der Waals surface area contributed by atoms with Crippen molar-refractivity contribution in [2.75, 3.05) is 13.2 Å². The highest BCUT2D eigenvalue weighted by molar-refractivity contribution is 5.23. The number of aliphatic hydroxyl groups excluding tert-OH is 1. The van der Waals surface area contributed by atoms with Gasteiger partial charge in [0.15, 0.2) is 0 Å². The lowest BCUT2D eigenvalue weighted by Gasteiger charge is -2.05. The van der Waals surface area contributed by atoms with Crippen molar-refractivity contribution in [1.29, 1.82) is 0 Å². The molecule has 0 saturated carbocycles. The highest BCUT2D eigenvalue weighted by atomic mass is 19.1. The Morgan fingerprint density at radius 3 is 2.29 bits per heavy atom. The van der Waals surface area contributed by atoms with E-state index < -0.39 is 11.6 Å². The van der Waals surface area contributed by atoms with Crippen LogP contribution in [0, 0.1) is 11.6 Å². The standard InChI is InChI=1S/C10H12F2O2/c11-8-5-9(12)7-10(6-8)14-4-2-1-3-13/h5-7,13H,1-4H2. The van der Waals surface area contributed by atoms with Crippen molar-refractivity contribution in [3.8, 4) is 5.75 Å². The van der Waals surface area contributed by atoms with Crippen LogP contribution < -0.4 is 4.74 Å². The number of halogens is 2. The smallest absolute Gasteiger partial charge is 0.129 e. The Labute approximate surface area is 81.1 Å². The minimum atomic E-state index is -0.651. The van der Waals surface area contributed by atoms with E-state index in [1.54, 1.807) is 0 Å². The lowest BCUT2D eigenvalue weighted by molar-refractivity contribution is 0.252. The maximum Gasteiger partial charge on any atom is 0.129 e. The van der Waals surface area contributed by atoms with E-state index in [9.17, 15) is 8.78 Å². The molecule has 14 heavy (non-hydrogen) atoms. The van der Waals surface area contributed by atoms with Crippen molar-refractivity contribution in [2.24, 2.45) is 0 Å². The second-order valence-corrected chi connectivity index (χ2v) is 2.88. The van der Waals surface area contributed by atoms with Gasteiger partial charge in [-0.1, -0.05) is 0 Å². The van der Waals surface area contributed by atoms with Gasteiger partial charge in [0.05, 0.1) is 6.61 Å². The number of hydrogen-bond donors (Lipinski definition) is 1. The van der Waals surface area contributed by atoms with Crippen LogP contribution in [0.5, 0.6) is 5.75 Å². The molecule has 0 unspecified atom stereocenters. The molecule has 1 rings (SSSR count). The van der Waals surface area contributed by atoms with Gasteiger partial charge >= 0.3 is 0 Å². The van der Waals surface area contributed by atoms with Crippen LogP contribution in [0.4, 0.5) is 8.78 Å². The van der Waals surface area contributed by atoms with Crippen LogP contribution in [0.25, 0.3) is 0 Å². The number of unbranched alkanes of at least 4 members (excludes halogenated alkanes) is 1. The van der Waals surface area contributed by atoms with E-state index >= 15 is 0 Å². The highest BCUT2D eigenvalue weighted by Gasteiger charge is 2.00. The third-order valence-corrected chi connectivity index (χ3v) is 1.66. The quantitative estimate of drug-likeness (QED) is 0.741. The van der Waals surface area contributed by atoms with Gasteiger partial charge in [0.2, 0.25) is 0 Å². The first kappa shape index (κ1) is 10.9. The van der Waals surface area contributed by atoms with Crippen molar-refractivity contribution >= 4 is 0 Å². The Kier molecular flexibility index (Phi) is 4.32. The summed E-state index contributed by atoms with van der Waals surface area (Å²) in [5.74, 6) is -1.12. The Morgan fingerprint density at radius 1 is 1.07 bits per heavy atom. The first-order valence-electron chi connectivity index (χ1n) is 4.42. The molecule has 4 heteroatoms. The van der Waals surface area contributed by atoms with E-state index in [0.717, 1.165) is 18.2 Å². The lowest BCUT2D eigenvalue weighted by atomic mass is 10.3. The Hall–Kier alpha value is -1.16. The number of rotatable bonds is 5. The summed E-state index contributed by atoms with van der Waals surface area (Å²) < 4.78 is 30.4. The molecular formula is C10H12F2O2. The SMILES string of the molecule is OCCCCOc1cc(F)cc(F)c1. The van der Waals surface area contributed by atoms with Crippen LogP contribution >= 0.6 is 0 Å². The molecule has 0 bridgehead atoms. The van der Waals surface area contributed by atoms with Gasteiger partial charge < -0.3 is 9.84 Å². The molecule has 0 amide bonds. The van der Waals surface area contributed by atoms with Crippen LogP contribution in [-0.2, 0) is 0 Å². The van der Waals surface area contributed by atoms with Crippen molar-refractivity contribution in [2.45, 2.75) is 12.8 Å². The molecule has 0 fully saturated rings. The molecule has 1 aromatic carbocycles. The van der Waals surface area contributed by atoms with Crippen molar-refractivity contribution in [3.63, 3.8) is 0 Å². The van der Waals surface area contributed by atoms with Crippen LogP contribution in [0.3, 0.4) is 0 Å². The molecule has 0 aromatic heterocycles. The fraction of sp³-hybridized carbons (Fsp3) is 0.400. The zero-order valence-corrected chi connectivity index (χ0v) is 7.67. The first-order chi connectivity index (χ1) is 6.72. The molecular weight excluding hydrogens is 190 g/mol. The molecule has 2 nitrogen and oxygen atoms in total.